The highest BCUT2D eigenvalue weighted by molar-refractivity contribution is 6.08. The number of rotatable bonds is 4. The van der Waals surface area contributed by atoms with Crippen LogP contribution >= 0.6 is 0 Å². The second-order valence-electron chi connectivity index (χ2n) is 5.01. The fraction of sp³-hybridized carbons (Fsp3) is 0.467. The number of benzene rings is 1. The van der Waals surface area contributed by atoms with E-state index in [9.17, 15) is 9.59 Å². The van der Waals surface area contributed by atoms with Gasteiger partial charge in [0.2, 0.25) is 0 Å². The van der Waals surface area contributed by atoms with Crippen LogP contribution in [0.4, 0.5) is 0 Å². The monoisotopic (exact) mass is 246 g/mol. The predicted molar refractivity (Wildman–Crippen MR) is 68.1 cm³/mol. The minimum atomic E-state index is -0.924. The molecule has 1 saturated carbocycles. The summed E-state index contributed by atoms with van der Waals surface area (Å²) in [7, 11) is 0. The average molecular weight is 246 g/mol. The second kappa shape index (κ2) is 5.44. The van der Waals surface area contributed by atoms with E-state index in [-0.39, 0.29) is 18.2 Å². The zero-order valence-electron chi connectivity index (χ0n) is 10.6. The number of Topliss-reactive ketones (excluding diaryl/α,β-unsaturated/α-hetero) is 2. The van der Waals surface area contributed by atoms with Gasteiger partial charge < -0.3 is 4.74 Å². The van der Waals surface area contributed by atoms with Gasteiger partial charge in [0.15, 0.2) is 0 Å². The summed E-state index contributed by atoms with van der Waals surface area (Å²) in [6, 6.07) is 9.76. The Kier molecular flexibility index (Phi) is 3.92. The van der Waals surface area contributed by atoms with Gasteiger partial charge in [-0.2, -0.15) is 0 Å². The van der Waals surface area contributed by atoms with E-state index in [1.165, 1.54) is 0 Å². The van der Waals surface area contributed by atoms with Crippen molar-refractivity contribution in [3.63, 3.8) is 0 Å². The normalized spacial score (nSPS) is 18.9. The number of hydrogen-bond acceptors (Lipinski definition) is 3. The topological polar surface area (TPSA) is 43.4 Å². The Hall–Kier alpha value is -1.48. The molecule has 0 saturated heterocycles. The summed E-state index contributed by atoms with van der Waals surface area (Å²) < 4.78 is 5.56. The minimum Gasteiger partial charge on any atom is -0.375 e. The molecule has 2 rings (SSSR count). The third kappa shape index (κ3) is 2.67. The van der Waals surface area contributed by atoms with Gasteiger partial charge in [0.25, 0.3) is 0 Å². The van der Waals surface area contributed by atoms with Gasteiger partial charge >= 0.3 is 0 Å². The summed E-state index contributed by atoms with van der Waals surface area (Å²) in [5.74, 6) is 0.0404. The van der Waals surface area contributed by atoms with E-state index in [0.717, 1.165) is 5.56 Å². The average Bonchev–Trinajstić information content (AvgIpc) is 2.38. The van der Waals surface area contributed by atoms with Crippen LogP contribution in [0.5, 0.6) is 0 Å². The number of carbonyl (C=O) groups is 2. The van der Waals surface area contributed by atoms with E-state index in [1.54, 1.807) is 6.92 Å². The van der Waals surface area contributed by atoms with E-state index >= 15 is 0 Å². The zero-order chi connectivity index (χ0) is 13.0. The van der Waals surface area contributed by atoms with Gasteiger partial charge in [0.05, 0.1) is 13.2 Å². The third-order valence-electron chi connectivity index (χ3n) is 3.54. The maximum atomic E-state index is 11.9. The van der Waals surface area contributed by atoms with E-state index in [1.807, 2.05) is 30.3 Å². The summed E-state index contributed by atoms with van der Waals surface area (Å²) in [6.45, 7) is 2.35. The van der Waals surface area contributed by atoms with Crippen LogP contribution in [0.1, 0.15) is 31.7 Å². The molecule has 3 nitrogen and oxygen atoms in total. The van der Waals surface area contributed by atoms with E-state index in [4.69, 9.17) is 4.74 Å². The smallest absolute Gasteiger partial charge is 0.148 e. The Balaban J connectivity index is 1.92. The van der Waals surface area contributed by atoms with Crippen LogP contribution in [0.2, 0.25) is 0 Å². The molecule has 18 heavy (non-hydrogen) atoms. The molecular weight excluding hydrogens is 228 g/mol. The lowest BCUT2D eigenvalue weighted by Gasteiger charge is -2.30. The van der Waals surface area contributed by atoms with Crippen molar-refractivity contribution >= 4 is 11.6 Å². The third-order valence-corrected chi connectivity index (χ3v) is 3.54. The molecule has 0 aliphatic heterocycles. The van der Waals surface area contributed by atoms with Gasteiger partial charge in [-0.05, 0) is 18.9 Å². The summed E-state index contributed by atoms with van der Waals surface area (Å²) >= 11 is 0. The van der Waals surface area contributed by atoms with Crippen molar-refractivity contribution in [2.75, 3.05) is 6.61 Å². The quantitative estimate of drug-likeness (QED) is 0.767. The maximum absolute atomic E-state index is 11.9. The highest BCUT2D eigenvalue weighted by Crippen LogP contribution is 2.30. The SMILES string of the molecule is CC1(COCc2ccccc2)C(=O)CCCC1=O. The molecule has 0 bridgehead atoms. The molecule has 0 amide bonds. The lowest BCUT2D eigenvalue weighted by Crippen LogP contribution is -2.43. The van der Waals surface area contributed by atoms with Gasteiger partial charge in [-0.25, -0.2) is 0 Å². The summed E-state index contributed by atoms with van der Waals surface area (Å²) in [5, 5.41) is 0. The van der Waals surface area contributed by atoms with Crippen molar-refractivity contribution in [3.8, 4) is 0 Å². The Morgan fingerprint density at radius 3 is 2.33 bits per heavy atom. The Bertz CT molecular complexity index is 420. The predicted octanol–water partition coefficient (Wildman–Crippen LogP) is 2.53. The molecule has 1 aromatic rings. The van der Waals surface area contributed by atoms with Crippen LogP contribution in [0.25, 0.3) is 0 Å². The van der Waals surface area contributed by atoms with Crippen molar-refractivity contribution in [2.45, 2.75) is 32.8 Å². The first-order valence-electron chi connectivity index (χ1n) is 6.31. The lowest BCUT2D eigenvalue weighted by atomic mass is 9.74. The van der Waals surface area contributed by atoms with E-state index in [0.29, 0.717) is 25.9 Å². The molecule has 0 radical (unpaired) electrons. The van der Waals surface area contributed by atoms with Crippen molar-refractivity contribution in [1.82, 2.24) is 0 Å². The van der Waals surface area contributed by atoms with Crippen molar-refractivity contribution < 1.29 is 14.3 Å². The van der Waals surface area contributed by atoms with Gasteiger partial charge in [-0.1, -0.05) is 30.3 Å². The molecule has 1 aliphatic rings. The molecular formula is C15H18O3. The summed E-state index contributed by atoms with van der Waals surface area (Å²) in [4.78, 5) is 23.7. The lowest BCUT2D eigenvalue weighted by molar-refractivity contribution is -0.147. The van der Waals surface area contributed by atoms with Gasteiger partial charge in [-0.3, -0.25) is 9.59 Å². The van der Waals surface area contributed by atoms with Crippen LogP contribution in [0, 0.1) is 5.41 Å². The van der Waals surface area contributed by atoms with Crippen LogP contribution in [0.3, 0.4) is 0 Å². The molecule has 0 atom stereocenters. The Morgan fingerprint density at radius 2 is 1.72 bits per heavy atom. The van der Waals surface area contributed by atoms with Crippen LogP contribution < -0.4 is 0 Å². The summed E-state index contributed by atoms with van der Waals surface area (Å²) in [5.41, 5.74) is 0.129. The molecule has 1 aliphatic carbocycles. The molecule has 3 heteroatoms. The molecule has 0 unspecified atom stereocenters. The maximum Gasteiger partial charge on any atom is 0.148 e. The largest absolute Gasteiger partial charge is 0.375 e. The zero-order valence-corrected chi connectivity index (χ0v) is 10.6. The first kappa shape index (κ1) is 13.0. The van der Waals surface area contributed by atoms with E-state index < -0.39 is 5.41 Å². The molecule has 0 heterocycles. The second-order valence-corrected chi connectivity index (χ2v) is 5.01. The van der Waals surface area contributed by atoms with Crippen molar-refractivity contribution in [3.05, 3.63) is 35.9 Å². The van der Waals surface area contributed by atoms with E-state index in [2.05, 4.69) is 0 Å². The number of carbonyl (C=O) groups excluding carboxylic acids is 2. The fourth-order valence-electron chi connectivity index (χ4n) is 2.23. The van der Waals surface area contributed by atoms with Gasteiger partial charge in [0, 0.05) is 12.8 Å². The number of ketones is 2. The highest BCUT2D eigenvalue weighted by Gasteiger charge is 2.42. The van der Waals surface area contributed by atoms with Gasteiger partial charge in [0.1, 0.15) is 17.0 Å². The van der Waals surface area contributed by atoms with Crippen LogP contribution in [-0.2, 0) is 20.9 Å². The standard InChI is InChI=1S/C15H18O3/c1-15(13(16)8-5-9-14(15)17)11-18-10-12-6-3-2-4-7-12/h2-4,6-7H,5,8-11H2,1H3. The van der Waals surface area contributed by atoms with Crippen LogP contribution in [0.15, 0.2) is 30.3 Å². The Morgan fingerprint density at radius 1 is 1.11 bits per heavy atom. The number of hydrogen-bond donors (Lipinski definition) is 0. The first-order chi connectivity index (χ1) is 8.63. The molecule has 1 fully saturated rings. The van der Waals surface area contributed by atoms with Gasteiger partial charge in [-0.15, -0.1) is 0 Å². The molecule has 0 aromatic heterocycles. The van der Waals surface area contributed by atoms with Crippen LogP contribution in [-0.4, -0.2) is 18.2 Å². The number of ether oxygens (including phenoxy) is 1. The molecule has 96 valence electrons. The fourth-order valence-corrected chi connectivity index (χ4v) is 2.23. The Labute approximate surface area is 107 Å². The summed E-state index contributed by atoms with van der Waals surface area (Å²) in [6.07, 6.45) is 1.68. The molecule has 1 aromatic carbocycles. The first-order valence-corrected chi connectivity index (χ1v) is 6.31. The van der Waals surface area contributed by atoms with Crippen molar-refractivity contribution in [1.29, 1.82) is 0 Å². The minimum absolute atomic E-state index is 0.0202. The molecule has 0 spiro atoms. The molecule has 0 N–H and O–H groups in total. The van der Waals surface area contributed by atoms with Crippen molar-refractivity contribution in [2.24, 2.45) is 5.41 Å². The highest BCUT2D eigenvalue weighted by atomic mass is 16.5.